The molecule has 0 aliphatic carbocycles. The maximum absolute atomic E-state index is 11.8. The number of hydrogen-bond donors (Lipinski definition) is 2. The summed E-state index contributed by atoms with van der Waals surface area (Å²) in [6.45, 7) is 3.52. The number of anilines is 1. The summed E-state index contributed by atoms with van der Waals surface area (Å²) in [6, 6.07) is 8.81. The van der Waals surface area contributed by atoms with Gasteiger partial charge in [-0.1, -0.05) is 12.1 Å². The first-order valence-corrected chi connectivity index (χ1v) is 7.80. The number of ether oxygens (including phenoxy) is 1. The van der Waals surface area contributed by atoms with Crippen LogP contribution in [0.4, 0.5) is 5.69 Å². The lowest BCUT2D eigenvalue weighted by Crippen LogP contribution is -2.27. The Bertz CT molecular complexity index is 753. The van der Waals surface area contributed by atoms with Gasteiger partial charge in [-0.25, -0.2) is 0 Å². The molecule has 0 spiro atoms. The van der Waals surface area contributed by atoms with E-state index in [0.717, 1.165) is 11.1 Å². The van der Waals surface area contributed by atoms with Gasteiger partial charge in [-0.05, 0) is 43.2 Å². The molecule has 0 radical (unpaired) electrons. The van der Waals surface area contributed by atoms with Gasteiger partial charge in [-0.15, -0.1) is 0 Å². The van der Waals surface area contributed by atoms with Gasteiger partial charge in [0.2, 0.25) is 0 Å². The van der Waals surface area contributed by atoms with Crippen molar-refractivity contribution in [3.63, 3.8) is 0 Å². The van der Waals surface area contributed by atoms with Crippen LogP contribution in [-0.2, 0) is 14.3 Å². The second-order valence-corrected chi connectivity index (χ2v) is 5.51. The Morgan fingerprint density at radius 2 is 1.96 bits per heavy atom. The molecule has 132 valence electrons. The van der Waals surface area contributed by atoms with Gasteiger partial charge in [0, 0.05) is 12.2 Å². The SMILES string of the molecule is Cc1ccc(C)c(NC(=O)COC(=O)CCNC(=O)c2ccco2)c1. The Balaban J connectivity index is 1.68. The molecule has 0 fully saturated rings. The van der Waals surface area contributed by atoms with Gasteiger partial charge in [0.15, 0.2) is 12.4 Å². The molecule has 7 heteroatoms. The lowest BCUT2D eigenvalue weighted by atomic mass is 10.1. The number of rotatable bonds is 7. The molecule has 0 aliphatic rings. The van der Waals surface area contributed by atoms with Crippen molar-refractivity contribution in [2.45, 2.75) is 20.3 Å². The van der Waals surface area contributed by atoms with Crippen LogP contribution in [0.15, 0.2) is 41.0 Å². The van der Waals surface area contributed by atoms with E-state index in [1.54, 1.807) is 6.07 Å². The molecule has 0 saturated heterocycles. The zero-order valence-corrected chi connectivity index (χ0v) is 14.1. The van der Waals surface area contributed by atoms with Gasteiger partial charge < -0.3 is 19.8 Å². The molecular weight excluding hydrogens is 324 g/mol. The van der Waals surface area contributed by atoms with E-state index in [2.05, 4.69) is 10.6 Å². The number of furan rings is 1. The molecule has 2 amide bonds. The monoisotopic (exact) mass is 344 g/mol. The highest BCUT2D eigenvalue weighted by Gasteiger charge is 2.11. The summed E-state index contributed by atoms with van der Waals surface area (Å²) in [5.41, 5.74) is 2.63. The summed E-state index contributed by atoms with van der Waals surface area (Å²) in [6.07, 6.45) is 1.35. The lowest BCUT2D eigenvalue weighted by Gasteiger charge is -2.10. The lowest BCUT2D eigenvalue weighted by molar-refractivity contribution is -0.147. The number of carbonyl (C=O) groups excluding carboxylic acids is 3. The maximum atomic E-state index is 11.8. The Labute approximate surface area is 145 Å². The minimum Gasteiger partial charge on any atom is -0.459 e. The maximum Gasteiger partial charge on any atom is 0.308 e. The first-order valence-electron chi connectivity index (χ1n) is 7.80. The third-order valence-electron chi connectivity index (χ3n) is 3.39. The summed E-state index contributed by atoms with van der Waals surface area (Å²) >= 11 is 0. The molecule has 1 aromatic carbocycles. The molecule has 2 N–H and O–H groups in total. The van der Waals surface area contributed by atoms with Crippen LogP contribution in [0.2, 0.25) is 0 Å². The largest absolute Gasteiger partial charge is 0.459 e. The van der Waals surface area contributed by atoms with Crippen molar-refractivity contribution in [3.05, 3.63) is 53.5 Å². The van der Waals surface area contributed by atoms with Crippen molar-refractivity contribution < 1.29 is 23.5 Å². The first kappa shape index (κ1) is 18.3. The van der Waals surface area contributed by atoms with E-state index < -0.39 is 17.8 Å². The molecule has 1 aromatic heterocycles. The molecule has 0 saturated carbocycles. The average Bonchev–Trinajstić information content (AvgIpc) is 3.11. The Kier molecular flexibility index (Phi) is 6.33. The normalized spacial score (nSPS) is 10.2. The van der Waals surface area contributed by atoms with E-state index in [-0.39, 0.29) is 25.3 Å². The number of esters is 1. The van der Waals surface area contributed by atoms with Crippen LogP contribution in [0, 0.1) is 13.8 Å². The summed E-state index contributed by atoms with van der Waals surface area (Å²) in [5, 5.41) is 5.22. The number of amides is 2. The summed E-state index contributed by atoms with van der Waals surface area (Å²) in [7, 11) is 0. The van der Waals surface area contributed by atoms with Crippen LogP contribution in [0.5, 0.6) is 0 Å². The smallest absolute Gasteiger partial charge is 0.308 e. The summed E-state index contributed by atoms with van der Waals surface area (Å²) in [5.74, 6) is -1.23. The molecule has 2 rings (SSSR count). The van der Waals surface area contributed by atoms with Crippen LogP contribution in [-0.4, -0.2) is 30.9 Å². The number of aryl methyl sites for hydroxylation is 2. The van der Waals surface area contributed by atoms with Gasteiger partial charge in [-0.3, -0.25) is 14.4 Å². The predicted octanol–water partition coefficient (Wildman–Crippen LogP) is 2.20. The number of benzene rings is 1. The van der Waals surface area contributed by atoms with E-state index in [4.69, 9.17) is 9.15 Å². The molecule has 1 heterocycles. The zero-order chi connectivity index (χ0) is 18.2. The molecule has 0 aliphatic heterocycles. The Morgan fingerprint density at radius 1 is 1.16 bits per heavy atom. The van der Waals surface area contributed by atoms with Crippen LogP contribution in [0.1, 0.15) is 28.1 Å². The topological polar surface area (TPSA) is 97.6 Å². The molecule has 2 aromatic rings. The van der Waals surface area contributed by atoms with Crippen molar-refractivity contribution in [1.82, 2.24) is 5.32 Å². The highest BCUT2D eigenvalue weighted by molar-refractivity contribution is 5.93. The predicted molar refractivity (Wildman–Crippen MR) is 91.2 cm³/mol. The third kappa shape index (κ3) is 5.80. The number of carbonyl (C=O) groups is 3. The van der Waals surface area contributed by atoms with Crippen molar-refractivity contribution >= 4 is 23.5 Å². The molecule has 25 heavy (non-hydrogen) atoms. The minimum atomic E-state index is -0.573. The van der Waals surface area contributed by atoms with Crippen LogP contribution < -0.4 is 10.6 Å². The van der Waals surface area contributed by atoms with Crippen LogP contribution in [0.25, 0.3) is 0 Å². The zero-order valence-electron chi connectivity index (χ0n) is 14.1. The molecule has 0 unspecified atom stereocenters. The van der Waals surface area contributed by atoms with Crippen molar-refractivity contribution in [1.29, 1.82) is 0 Å². The van der Waals surface area contributed by atoms with Crippen LogP contribution >= 0.6 is 0 Å². The van der Waals surface area contributed by atoms with Gasteiger partial charge >= 0.3 is 5.97 Å². The highest BCUT2D eigenvalue weighted by Crippen LogP contribution is 2.16. The first-order chi connectivity index (χ1) is 12.0. The minimum absolute atomic E-state index is 0.0385. The van der Waals surface area contributed by atoms with Gasteiger partial charge in [0.25, 0.3) is 11.8 Å². The van der Waals surface area contributed by atoms with Crippen molar-refractivity contribution in [2.24, 2.45) is 0 Å². The van der Waals surface area contributed by atoms with Gasteiger partial charge in [0.1, 0.15) is 0 Å². The van der Waals surface area contributed by atoms with Gasteiger partial charge in [0.05, 0.1) is 12.7 Å². The van der Waals surface area contributed by atoms with Crippen molar-refractivity contribution in [3.8, 4) is 0 Å². The fourth-order valence-corrected chi connectivity index (χ4v) is 2.05. The van der Waals surface area contributed by atoms with Crippen LogP contribution in [0.3, 0.4) is 0 Å². The second kappa shape index (κ2) is 8.68. The standard InChI is InChI=1S/C18H20N2O5/c1-12-5-6-13(2)14(10-12)20-16(21)11-25-17(22)7-8-19-18(23)15-4-3-9-24-15/h3-6,9-10H,7-8,11H2,1-2H3,(H,19,23)(H,20,21). The van der Waals surface area contributed by atoms with E-state index >= 15 is 0 Å². The third-order valence-corrected chi connectivity index (χ3v) is 3.39. The quantitative estimate of drug-likeness (QED) is 0.751. The van der Waals surface area contributed by atoms with E-state index in [1.807, 2.05) is 32.0 Å². The molecule has 7 nitrogen and oxygen atoms in total. The fourth-order valence-electron chi connectivity index (χ4n) is 2.05. The number of hydrogen-bond acceptors (Lipinski definition) is 5. The second-order valence-electron chi connectivity index (χ2n) is 5.51. The van der Waals surface area contributed by atoms with E-state index in [1.165, 1.54) is 12.3 Å². The molecule has 0 bridgehead atoms. The summed E-state index contributed by atoms with van der Waals surface area (Å²) in [4.78, 5) is 35.1. The Hall–Kier alpha value is -3.09. The van der Waals surface area contributed by atoms with E-state index in [9.17, 15) is 14.4 Å². The molecule has 0 atom stereocenters. The van der Waals surface area contributed by atoms with E-state index in [0.29, 0.717) is 5.69 Å². The number of nitrogens with one attached hydrogen (secondary N) is 2. The Morgan fingerprint density at radius 3 is 2.68 bits per heavy atom. The average molecular weight is 344 g/mol. The molecular formula is C18H20N2O5. The highest BCUT2D eigenvalue weighted by atomic mass is 16.5. The summed E-state index contributed by atoms with van der Waals surface area (Å²) < 4.78 is 9.82. The fraction of sp³-hybridized carbons (Fsp3) is 0.278. The van der Waals surface area contributed by atoms with Gasteiger partial charge in [-0.2, -0.15) is 0 Å². The van der Waals surface area contributed by atoms with Crippen molar-refractivity contribution in [2.75, 3.05) is 18.5 Å².